The predicted molar refractivity (Wildman–Crippen MR) is 140 cm³/mol. The van der Waals surface area contributed by atoms with Crippen molar-refractivity contribution in [2.24, 2.45) is 0 Å². The van der Waals surface area contributed by atoms with Crippen LogP contribution in [0.2, 0.25) is 0 Å². The average Bonchev–Trinajstić information content (AvgIpc) is 3.37. The molecule has 3 aromatic rings. The number of hydrogen-bond donors (Lipinski definition) is 0. The maximum Gasteiger partial charge on any atom is 0.243 e. The molecule has 1 amide bonds. The number of benzene rings is 2. The third kappa shape index (κ3) is 4.82. The third-order valence-corrected chi connectivity index (χ3v) is 10.3. The molecule has 1 aliphatic carbocycles. The summed E-state index contributed by atoms with van der Waals surface area (Å²) in [6.45, 7) is 2.55. The monoisotopic (exact) mass is 508 g/mol. The zero-order valence-corrected chi connectivity index (χ0v) is 21.7. The Balaban J connectivity index is 1.50. The van der Waals surface area contributed by atoms with Gasteiger partial charge in [0.25, 0.3) is 0 Å². The second-order valence-corrected chi connectivity index (χ2v) is 12.4. The van der Waals surface area contributed by atoms with Gasteiger partial charge in [-0.25, -0.2) is 8.42 Å². The summed E-state index contributed by atoms with van der Waals surface area (Å²) in [4.78, 5) is 17.5. The SMILES string of the molecule is Cc1ccccc1C1c2ccsc2CCN1C(=O)CN(C1CCCCC1)S(=O)(=O)c1ccccc1. The van der Waals surface area contributed by atoms with Crippen LogP contribution in [0.25, 0.3) is 0 Å². The lowest BCUT2D eigenvalue weighted by Crippen LogP contribution is -2.50. The van der Waals surface area contributed by atoms with E-state index >= 15 is 0 Å². The minimum atomic E-state index is -3.79. The molecular formula is C28H32N2O3S2. The van der Waals surface area contributed by atoms with Crippen molar-refractivity contribution >= 4 is 27.3 Å². The lowest BCUT2D eigenvalue weighted by atomic mass is 9.90. The summed E-state index contributed by atoms with van der Waals surface area (Å²) < 4.78 is 29.0. The molecule has 5 rings (SSSR count). The number of rotatable bonds is 6. The second kappa shape index (κ2) is 10.2. The van der Waals surface area contributed by atoms with E-state index in [4.69, 9.17) is 0 Å². The van der Waals surface area contributed by atoms with Crippen molar-refractivity contribution in [3.63, 3.8) is 0 Å². The zero-order valence-electron chi connectivity index (χ0n) is 20.1. The summed E-state index contributed by atoms with van der Waals surface area (Å²) in [5.41, 5.74) is 3.41. The molecule has 1 fully saturated rings. The lowest BCUT2D eigenvalue weighted by Gasteiger charge is -2.39. The van der Waals surface area contributed by atoms with Gasteiger partial charge in [0.05, 0.1) is 17.5 Å². The lowest BCUT2D eigenvalue weighted by molar-refractivity contribution is -0.134. The maximum atomic E-state index is 14.0. The molecule has 1 atom stereocenters. The fourth-order valence-electron chi connectivity index (χ4n) is 5.55. The Hall–Kier alpha value is -2.48. The summed E-state index contributed by atoms with van der Waals surface area (Å²) in [6, 6.07) is 18.5. The van der Waals surface area contributed by atoms with Crippen LogP contribution >= 0.6 is 11.3 Å². The van der Waals surface area contributed by atoms with Crippen molar-refractivity contribution in [1.82, 2.24) is 9.21 Å². The Kier molecular flexibility index (Phi) is 7.09. The highest BCUT2D eigenvalue weighted by Crippen LogP contribution is 2.39. The molecule has 0 spiro atoms. The number of aryl methyl sites for hydroxylation is 1. The van der Waals surface area contributed by atoms with Gasteiger partial charge in [0.15, 0.2) is 0 Å². The summed E-state index contributed by atoms with van der Waals surface area (Å²) in [5, 5.41) is 2.10. The number of hydrogen-bond acceptors (Lipinski definition) is 4. The van der Waals surface area contributed by atoms with Crippen LogP contribution in [0.4, 0.5) is 0 Å². The highest BCUT2D eigenvalue weighted by Gasteiger charge is 2.38. The minimum Gasteiger partial charge on any atom is -0.330 e. The molecule has 0 N–H and O–H groups in total. The van der Waals surface area contributed by atoms with E-state index in [-0.39, 0.29) is 29.4 Å². The third-order valence-electron chi connectivity index (χ3n) is 7.39. The van der Waals surface area contributed by atoms with Crippen LogP contribution in [0.5, 0.6) is 0 Å². The standard InChI is InChI=1S/C28H32N2O3S2/c1-21-10-8-9-15-24(21)28-25-17-19-34-26(25)16-18-29(28)27(31)20-30(22-11-4-2-5-12-22)35(32,33)23-13-6-3-7-14-23/h3,6-10,13-15,17,19,22,28H,2,4-5,11-12,16,18,20H2,1H3. The Labute approximate surface area is 212 Å². The van der Waals surface area contributed by atoms with E-state index in [0.717, 1.165) is 49.7 Å². The van der Waals surface area contributed by atoms with Gasteiger partial charge in [-0.2, -0.15) is 4.31 Å². The second-order valence-electron chi connectivity index (χ2n) is 9.55. The van der Waals surface area contributed by atoms with Gasteiger partial charge in [-0.15, -0.1) is 11.3 Å². The molecule has 2 aromatic carbocycles. The Morgan fingerprint density at radius 3 is 2.43 bits per heavy atom. The molecule has 0 bridgehead atoms. The van der Waals surface area contributed by atoms with Crippen LogP contribution in [-0.4, -0.2) is 42.7 Å². The fourth-order valence-corrected chi connectivity index (χ4v) is 8.10. The maximum absolute atomic E-state index is 14.0. The van der Waals surface area contributed by atoms with Crippen LogP contribution < -0.4 is 0 Å². The number of carbonyl (C=O) groups is 1. The zero-order chi connectivity index (χ0) is 24.4. The van der Waals surface area contributed by atoms with Crippen molar-refractivity contribution < 1.29 is 13.2 Å². The fraction of sp³-hybridized carbons (Fsp3) is 0.393. The van der Waals surface area contributed by atoms with Gasteiger partial charge in [0.1, 0.15) is 0 Å². The van der Waals surface area contributed by atoms with E-state index in [1.165, 1.54) is 14.7 Å². The molecule has 1 unspecified atom stereocenters. The molecule has 1 aliphatic heterocycles. The van der Waals surface area contributed by atoms with E-state index in [1.807, 2.05) is 23.1 Å². The van der Waals surface area contributed by atoms with Crippen molar-refractivity contribution in [3.05, 3.63) is 87.6 Å². The minimum absolute atomic E-state index is 0.121. The highest BCUT2D eigenvalue weighted by atomic mass is 32.2. The largest absolute Gasteiger partial charge is 0.330 e. The van der Waals surface area contributed by atoms with Crippen LogP contribution in [-0.2, 0) is 21.2 Å². The van der Waals surface area contributed by atoms with E-state index < -0.39 is 10.0 Å². The van der Waals surface area contributed by atoms with Crippen molar-refractivity contribution in [2.45, 2.75) is 62.4 Å². The van der Waals surface area contributed by atoms with Gasteiger partial charge in [0.2, 0.25) is 15.9 Å². The summed E-state index contributed by atoms with van der Waals surface area (Å²) >= 11 is 1.74. The van der Waals surface area contributed by atoms with Crippen molar-refractivity contribution in [3.8, 4) is 0 Å². The van der Waals surface area contributed by atoms with Crippen LogP contribution in [0.15, 0.2) is 70.9 Å². The Morgan fingerprint density at radius 2 is 1.69 bits per heavy atom. The first kappa shape index (κ1) is 24.2. The first-order valence-electron chi connectivity index (χ1n) is 12.4. The number of fused-ring (bicyclic) bond motifs is 1. The smallest absolute Gasteiger partial charge is 0.243 e. The summed E-state index contributed by atoms with van der Waals surface area (Å²) in [5.74, 6) is -0.125. The van der Waals surface area contributed by atoms with Gasteiger partial charge in [0, 0.05) is 17.5 Å². The Bertz CT molecular complexity index is 1280. The van der Waals surface area contributed by atoms with Crippen LogP contribution in [0.1, 0.15) is 59.7 Å². The van der Waals surface area contributed by atoms with E-state index in [0.29, 0.717) is 6.54 Å². The van der Waals surface area contributed by atoms with E-state index in [2.05, 4.69) is 30.5 Å². The normalized spacial score (nSPS) is 19.0. The van der Waals surface area contributed by atoms with Crippen molar-refractivity contribution in [1.29, 1.82) is 0 Å². The molecule has 7 heteroatoms. The molecule has 0 radical (unpaired) electrons. The number of nitrogens with zero attached hydrogens (tertiary/aromatic N) is 2. The van der Waals surface area contributed by atoms with E-state index in [9.17, 15) is 13.2 Å². The van der Waals surface area contributed by atoms with Crippen LogP contribution in [0.3, 0.4) is 0 Å². The Morgan fingerprint density at radius 1 is 0.971 bits per heavy atom. The summed E-state index contributed by atoms with van der Waals surface area (Å²) in [7, 11) is -3.79. The summed E-state index contributed by atoms with van der Waals surface area (Å²) in [6.07, 6.45) is 5.51. The van der Waals surface area contributed by atoms with Gasteiger partial charge >= 0.3 is 0 Å². The number of sulfonamides is 1. The molecule has 1 aromatic heterocycles. The number of carbonyl (C=O) groups excluding carboxylic acids is 1. The molecule has 0 saturated heterocycles. The predicted octanol–water partition coefficient (Wildman–Crippen LogP) is 5.55. The van der Waals surface area contributed by atoms with Gasteiger partial charge in [-0.3, -0.25) is 4.79 Å². The van der Waals surface area contributed by atoms with Crippen LogP contribution in [0, 0.1) is 6.92 Å². The first-order chi connectivity index (χ1) is 17.0. The molecule has 2 aliphatic rings. The first-order valence-corrected chi connectivity index (χ1v) is 14.8. The molecular weight excluding hydrogens is 476 g/mol. The molecule has 5 nitrogen and oxygen atoms in total. The number of thiophene rings is 1. The van der Waals surface area contributed by atoms with Gasteiger partial charge < -0.3 is 4.90 Å². The van der Waals surface area contributed by atoms with Gasteiger partial charge in [-0.05, 0) is 66.5 Å². The molecule has 184 valence electrons. The quantitative estimate of drug-likeness (QED) is 0.438. The topological polar surface area (TPSA) is 57.7 Å². The van der Waals surface area contributed by atoms with Gasteiger partial charge in [-0.1, -0.05) is 61.7 Å². The molecule has 35 heavy (non-hydrogen) atoms. The molecule has 1 saturated carbocycles. The van der Waals surface area contributed by atoms with E-state index in [1.54, 1.807) is 35.6 Å². The average molecular weight is 509 g/mol. The molecule has 2 heterocycles. The highest BCUT2D eigenvalue weighted by molar-refractivity contribution is 7.89. The number of amides is 1. The van der Waals surface area contributed by atoms with Crippen molar-refractivity contribution in [2.75, 3.05) is 13.1 Å².